The SMILES string of the molecule is CC(=O)N1CCN(c2nc(NCc3cc(C)nn3C)c3c(n2)C(=O)N(C(C)C)C3)CC1. The molecule has 0 aromatic carbocycles. The number of nitrogens with zero attached hydrogens (tertiary/aromatic N) is 7. The van der Waals surface area contributed by atoms with E-state index in [4.69, 9.17) is 4.98 Å². The Hall–Kier alpha value is -3.17. The van der Waals surface area contributed by atoms with Gasteiger partial charge < -0.3 is 20.0 Å². The van der Waals surface area contributed by atoms with Gasteiger partial charge in [-0.05, 0) is 26.8 Å². The molecule has 2 aromatic rings. The molecule has 2 amide bonds. The van der Waals surface area contributed by atoms with Crippen molar-refractivity contribution in [3.8, 4) is 0 Å². The van der Waals surface area contributed by atoms with E-state index in [0.29, 0.717) is 56.7 Å². The second-order valence-corrected chi connectivity index (χ2v) is 8.47. The van der Waals surface area contributed by atoms with E-state index in [0.717, 1.165) is 17.0 Å². The molecule has 1 N–H and O–H groups in total. The second-order valence-electron chi connectivity index (χ2n) is 8.47. The van der Waals surface area contributed by atoms with Gasteiger partial charge in [0.2, 0.25) is 11.9 Å². The molecular formula is C21H30N8O2. The van der Waals surface area contributed by atoms with Crippen LogP contribution in [-0.2, 0) is 24.9 Å². The third-order valence-electron chi connectivity index (χ3n) is 5.95. The van der Waals surface area contributed by atoms with Crippen LogP contribution in [0.25, 0.3) is 0 Å². The van der Waals surface area contributed by atoms with Gasteiger partial charge in [-0.15, -0.1) is 0 Å². The molecule has 10 heteroatoms. The minimum absolute atomic E-state index is 0.0598. The highest BCUT2D eigenvalue weighted by atomic mass is 16.2. The number of hydrogen-bond acceptors (Lipinski definition) is 7. The van der Waals surface area contributed by atoms with Crippen molar-refractivity contribution in [3.05, 3.63) is 28.7 Å². The summed E-state index contributed by atoms with van der Waals surface area (Å²) in [5.74, 6) is 1.23. The molecule has 0 aliphatic carbocycles. The van der Waals surface area contributed by atoms with Crippen LogP contribution in [0.5, 0.6) is 0 Å². The zero-order valence-corrected chi connectivity index (χ0v) is 18.8. The first-order valence-corrected chi connectivity index (χ1v) is 10.7. The van der Waals surface area contributed by atoms with E-state index in [1.165, 1.54) is 0 Å². The van der Waals surface area contributed by atoms with Crippen LogP contribution < -0.4 is 10.2 Å². The number of carbonyl (C=O) groups is 2. The van der Waals surface area contributed by atoms with Crippen molar-refractivity contribution in [2.45, 2.75) is 46.8 Å². The van der Waals surface area contributed by atoms with Gasteiger partial charge in [-0.1, -0.05) is 0 Å². The number of aryl methyl sites for hydroxylation is 2. The van der Waals surface area contributed by atoms with E-state index in [2.05, 4.69) is 15.4 Å². The molecule has 2 aromatic heterocycles. The number of fused-ring (bicyclic) bond motifs is 1. The Bertz CT molecular complexity index is 1010. The molecular weight excluding hydrogens is 396 g/mol. The van der Waals surface area contributed by atoms with Crippen molar-refractivity contribution in [1.82, 2.24) is 29.5 Å². The lowest BCUT2D eigenvalue weighted by atomic mass is 10.2. The molecule has 0 unspecified atom stereocenters. The smallest absolute Gasteiger partial charge is 0.273 e. The lowest BCUT2D eigenvalue weighted by Gasteiger charge is -2.34. The summed E-state index contributed by atoms with van der Waals surface area (Å²) >= 11 is 0. The zero-order chi connectivity index (χ0) is 22.3. The second kappa shape index (κ2) is 8.16. The van der Waals surface area contributed by atoms with Gasteiger partial charge in [-0.25, -0.2) is 4.98 Å². The highest BCUT2D eigenvalue weighted by molar-refractivity contribution is 5.98. The summed E-state index contributed by atoms with van der Waals surface area (Å²) in [5, 5.41) is 7.82. The number of piperazine rings is 1. The molecule has 1 saturated heterocycles. The average Bonchev–Trinajstić information content (AvgIpc) is 3.24. The van der Waals surface area contributed by atoms with E-state index in [9.17, 15) is 9.59 Å². The van der Waals surface area contributed by atoms with Gasteiger partial charge in [-0.3, -0.25) is 14.3 Å². The topological polar surface area (TPSA) is 99.5 Å². The van der Waals surface area contributed by atoms with Crippen molar-refractivity contribution in [2.24, 2.45) is 7.05 Å². The van der Waals surface area contributed by atoms with Crippen molar-refractivity contribution < 1.29 is 9.59 Å². The van der Waals surface area contributed by atoms with Crippen LogP contribution in [0.3, 0.4) is 0 Å². The number of carbonyl (C=O) groups excluding carboxylic acids is 2. The molecule has 166 valence electrons. The minimum atomic E-state index is -0.0598. The van der Waals surface area contributed by atoms with Crippen molar-refractivity contribution in [3.63, 3.8) is 0 Å². The lowest BCUT2D eigenvalue weighted by molar-refractivity contribution is -0.129. The predicted octanol–water partition coefficient (Wildman–Crippen LogP) is 1.16. The summed E-state index contributed by atoms with van der Waals surface area (Å²) in [5.41, 5.74) is 3.30. The fourth-order valence-electron chi connectivity index (χ4n) is 4.11. The van der Waals surface area contributed by atoms with Gasteiger partial charge in [-0.2, -0.15) is 10.1 Å². The maximum Gasteiger partial charge on any atom is 0.273 e. The number of hydrogen-bond donors (Lipinski definition) is 1. The van der Waals surface area contributed by atoms with Crippen molar-refractivity contribution in [2.75, 3.05) is 36.4 Å². The van der Waals surface area contributed by atoms with E-state index in [-0.39, 0.29) is 17.9 Å². The number of aromatic nitrogens is 4. The van der Waals surface area contributed by atoms with Gasteiger partial charge in [0.15, 0.2) is 0 Å². The highest BCUT2D eigenvalue weighted by Crippen LogP contribution is 2.31. The molecule has 0 radical (unpaired) electrons. The fraction of sp³-hybridized carbons (Fsp3) is 0.571. The maximum atomic E-state index is 13.0. The minimum Gasteiger partial charge on any atom is -0.364 e. The van der Waals surface area contributed by atoms with Crippen LogP contribution in [0.15, 0.2) is 6.07 Å². The highest BCUT2D eigenvalue weighted by Gasteiger charge is 2.35. The van der Waals surface area contributed by atoms with Crippen molar-refractivity contribution >= 4 is 23.6 Å². The molecule has 4 heterocycles. The lowest BCUT2D eigenvalue weighted by Crippen LogP contribution is -2.48. The van der Waals surface area contributed by atoms with E-state index in [1.54, 1.807) is 6.92 Å². The van der Waals surface area contributed by atoms with Crippen LogP contribution in [-0.4, -0.2) is 73.6 Å². The maximum absolute atomic E-state index is 13.0. The number of amides is 2. The van der Waals surface area contributed by atoms with Gasteiger partial charge in [0.05, 0.1) is 24.5 Å². The quantitative estimate of drug-likeness (QED) is 0.766. The summed E-state index contributed by atoms with van der Waals surface area (Å²) in [6.45, 7) is 11.1. The standard InChI is InChI=1S/C21H30N8O2/c1-13(2)29-12-17-18(20(29)31)23-21(28-8-6-27(7-9-28)15(4)30)24-19(17)22-11-16-10-14(3)25-26(16)5/h10,13H,6-9,11-12H2,1-5H3,(H,22,23,24). The van der Waals surface area contributed by atoms with Crippen LogP contribution in [0.4, 0.5) is 11.8 Å². The Morgan fingerprint density at radius 3 is 2.48 bits per heavy atom. The van der Waals surface area contributed by atoms with Gasteiger partial charge >= 0.3 is 0 Å². The monoisotopic (exact) mass is 426 g/mol. The van der Waals surface area contributed by atoms with Gasteiger partial charge in [0.25, 0.3) is 5.91 Å². The molecule has 1 fully saturated rings. The number of anilines is 2. The van der Waals surface area contributed by atoms with Crippen LogP contribution in [0.2, 0.25) is 0 Å². The molecule has 2 aliphatic rings. The van der Waals surface area contributed by atoms with Gasteiger partial charge in [0, 0.05) is 51.8 Å². The largest absolute Gasteiger partial charge is 0.364 e. The Labute approximate surface area is 182 Å². The molecule has 4 rings (SSSR count). The van der Waals surface area contributed by atoms with E-state index < -0.39 is 0 Å². The normalized spacial score (nSPS) is 16.3. The Kier molecular flexibility index (Phi) is 5.55. The van der Waals surface area contributed by atoms with Crippen LogP contribution in [0, 0.1) is 6.92 Å². The van der Waals surface area contributed by atoms with Crippen LogP contribution in [0.1, 0.15) is 48.2 Å². The third-order valence-corrected chi connectivity index (χ3v) is 5.95. The number of nitrogens with one attached hydrogen (secondary N) is 1. The molecule has 10 nitrogen and oxygen atoms in total. The summed E-state index contributed by atoms with van der Waals surface area (Å²) < 4.78 is 1.84. The third kappa shape index (κ3) is 4.06. The molecule has 0 spiro atoms. The Morgan fingerprint density at radius 1 is 1.19 bits per heavy atom. The molecule has 31 heavy (non-hydrogen) atoms. The summed E-state index contributed by atoms with van der Waals surface area (Å²) in [4.78, 5) is 39.8. The zero-order valence-electron chi connectivity index (χ0n) is 18.8. The van der Waals surface area contributed by atoms with Gasteiger partial charge in [0.1, 0.15) is 11.5 Å². The molecule has 0 atom stereocenters. The van der Waals surface area contributed by atoms with E-state index in [1.807, 2.05) is 53.3 Å². The first kappa shape index (κ1) is 21.1. The fourth-order valence-corrected chi connectivity index (χ4v) is 4.11. The number of rotatable bonds is 5. The summed E-state index contributed by atoms with van der Waals surface area (Å²) in [6.07, 6.45) is 0. The van der Waals surface area contributed by atoms with E-state index >= 15 is 0 Å². The Balaban J connectivity index is 1.63. The van der Waals surface area contributed by atoms with Crippen molar-refractivity contribution in [1.29, 1.82) is 0 Å². The average molecular weight is 427 g/mol. The molecule has 0 saturated carbocycles. The Morgan fingerprint density at radius 2 is 1.90 bits per heavy atom. The first-order valence-electron chi connectivity index (χ1n) is 10.7. The first-order chi connectivity index (χ1) is 14.7. The summed E-state index contributed by atoms with van der Waals surface area (Å²) in [7, 11) is 1.92. The summed E-state index contributed by atoms with van der Waals surface area (Å²) in [6, 6.07) is 2.11. The van der Waals surface area contributed by atoms with Crippen LogP contribution >= 0.6 is 0 Å². The predicted molar refractivity (Wildman–Crippen MR) is 117 cm³/mol. The molecule has 2 aliphatic heterocycles. The molecule has 0 bridgehead atoms.